The first-order valence-electron chi connectivity index (χ1n) is 12.4. The average Bonchev–Trinajstić information content (AvgIpc) is 3.54. The van der Waals surface area contributed by atoms with E-state index < -0.39 is 5.54 Å². The summed E-state index contributed by atoms with van der Waals surface area (Å²) in [5.74, 6) is -0.000685. The van der Waals surface area contributed by atoms with Crippen molar-refractivity contribution in [3.8, 4) is 0 Å². The zero-order valence-electron chi connectivity index (χ0n) is 20.3. The summed E-state index contributed by atoms with van der Waals surface area (Å²) in [4.78, 5) is 53.8. The van der Waals surface area contributed by atoms with Gasteiger partial charge < -0.3 is 20.0 Å². The van der Waals surface area contributed by atoms with Crippen LogP contribution in [0.3, 0.4) is 0 Å². The van der Waals surface area contributed by atoms with Crippen LogP contribution < -0.4 is 10.2 Å². The lowest BCUT2D eigenvalue weighted by Gasteiger charge is -2.43. The molecule has 0 bridgehead atoms. The zero-order chi connectivity index (χ0) is 24.6. The van der Waals surface area contributed by atoms with Crippen LogP contribution in [0, 0.1) is 0 Å². The first-order chi connectivity index (χ1) is 16.9. The smallest absolute Gasteiger partial charge is 0.274 e. The fourth-order valence-corrected chi connectivity index (χ4v) is 5.38. The maximum Gasteiger partial charge on any atom is 0.274 e. The van der Waals surface area contributed by atoms with Gasteiger partial charge in [-0.25, -0.2) is 9.97 Å². The van der Waals surface area contributed by atoms with Crippen molar-refractivity contribution in [1.29, 1.82) is 0 Å². The summed E-state index contributed by atoms with van der Waals surface area (Å²) in [5, 5.41) is 7.63. The van der Waals surface area contributed by atoms with Crippen molar-refractivity contribution < 1.29 is 14.4 Å². The molecule has 1 saturated carbocycles. The molecule has 186 valence electrons. The summed E-state index contributed by atoms with van der Waals surface area (Å²) in [5.41, 5.74) is -0.485. The highest BCUT2D eigenvalue weighted by Crippen LogP contribution is 2.29. The van der Waals surface area contributed by atoms with Gasteiger partial charge in [0.1, 0.15) is 11.2 Å². The molecule has 4 heterocycles. The first kappa shape index (κ1) is 23.3. The third-order valence-corrected chi connectivity index (χ3v) is 7.41. The molecular formula is C24H32N8O3. The maximum atomic E-state index is 13.4. The second-order valence-electron chi connectivity index (χ2n) is 9.68. The van der Waals surface area contributed by atoms with Gasteiger partial charge in [-0.2, -0.15) is 5.10 Å². The average molecular weight is 481 g/mol. The van der Waals surface area contributed by atoms with Crippen LogP contribution in [0.25, 0.3) is 0 Å². The van der Waals surface area contributed by atoms with Crippen LogP contribution in [0.2, 0.25) is 0 Å². The lowest BCUT2D eigenvalue weighted by molar-refractivity contribution is -0.133. The van der Waals surface area contributed by atoms with Crippen molar-refractivity contribution in [3.63, 3.8) is 0 Å². The molecule has 2 aromatic rings. The third-order valence-electron chi connectivity index (χ3n) is 7.41. The number of anilines is 1. The number of likely N-dealkylation sites (N-methyl/N-ethyl adjacent to an activating group) is 1. The first-order valence-corrected chi connectivity index (χ1v) is 12.4. The summed E-state index contributed by atoms with van der Waals surface area (Å²) < 4.78 is 1.53. The number of nitrogens with zero attached hydrogens (tertiary/aromatic N) is 7. The Kier molecular flexibility index (Phi) is 6.16. The summed E-state index contributed by atoms with van der Waals surface area (Å²) in [6.07, 6.45) is 7.56. The van der Waals surface area contributed by atoms with Gasteiger partial charge in [0.2, 0.25) is 11.9 Å². The molecule has 11 heteroatoms. The number of nitrogens with one attached hydrogen (secondary N) is 1. The molecule has 0 unspecified atom stereocenters. The van der Waals surface area contributed by atoms with Gasteiger partial charge in [0.15, 0.2) is 5.69 Å². The molecule has 1 saturated heterocycles. The molecule has 2 aliphatic heterocycles. The maximum absolute atomic E-state index is 13.4. The molecule has 1 atom stereocenters. The molecule has 1 N–H and O–H groups in total. The highest BCUT2D eigenvalue weighted by Gasteiger charge is 2.48. The molecule has 35 heavy (non-hydrogen) atoms. The Bertz CT molecular complexity index is 1110. The van der Waals surface area contributed by atoms with Gasteiger partial charge in [-0.15, -0.1) is 0 Å². The van der Waals surface area contributed by atoms with Gasteiger partial charge in [-0.05, 0) is 32.8 Å². The predicted molar refractivity (Wildman–Crippen MR) is 128 cm³/mol. The van der Waals surface area contributed by atoms with E-state index in [-0.39, 0.29) is 36.0 Å². The lowest BCUT2D eigenvalue weighted by Crippen LogP contribution is -2.64. The van der Waals surface area contributed by atoms with E-state index in [4.69, 9.17) is 0 Å². The Labute approximate surface area is 204 Å². The van der Waals surface area contributed by atoms with Crippen molar-refractivity contribution in [2.24, 2.45) is 0 Å². The molecule has 2 fully saturated rings. The van der Waals surface area contributed by atoms with E-state index in [9.17, 15) is 14.4 Å². The Morgan fingerprint density at radius 2 is 1.80 bits per heavy atom. The van der Waals surface area contributed by atoms with E-state index in [1.165, 1.54) is 4.68 Å². The topological polar surface area (TPSA) is 117 Å². The number of rotatable bonds is 5. The van der Waals surface area contributed by atoms with Gasteiger partial charge in [-0.1, -0.05) is 12.8 Å². The summed E-state index contributed by atoms with van der Waals surface area (Å²) >= 11 is 0. The van der Waals surface area contributed by atoms with E-state index in [2.05, 4.69) is 20.4 Å². The highest BCUT2D eigenvalue weighted by atomic mass is 16.2. The third kappa shape index (κ3) is 4.23. The molecule has 0 spiro atoms. The fourth-order valence-electron chi connectivity index (χ4n) is 5.38. The number of hydrogen-bond acceptors (Lipinski definition) is 7. The molecule has 0 aromatic carbocycles. The van der Waals surface area contributed by atoms with Gasteiger partial charge in [0, 0.05) is 57.2 Å². The quantitative estimate of drug-likeness (QED) is 0.677. The molecule has 2 aromatic heterocycles. The van der Waals surface area contributed by atoms with Gasteiger partial charge in [-0.3, -0.25) is 19.1 Å². The number of piperazine rings is 1. The van der Waals surface area contributed by atoms with Gasteiger partial charge >= 0.3 is 0 Å². The number of amides is 3. The van der Waals surface area contributed by atoms with Gasteiger partial charge in [0.05, 0.1) is 6.54 Å². The van der Waals surface area contributed by atoms with Crippen LogP contribution in [-0.4, -0.2) is 91.6 Å². The molecule has 1 aliphatic carbocycles. The number of carbonyl (C=O) groups excluding carboxylic acids is 3. The highest BCUT2D eigenvalue weighted by molar-refractivity contribution is 6.02. The molecular weight excluding hydrogens is 448 g/mol. The minimum absolute atomic E-state index is 0.157. The minimum Gasteiger partial charge on any atom is -0.351 e. The Morgan fingerprint density at radius 3 is 2.46 bits per heavy atom. The zero-order valence-corrected chi connectivity index (χ0v) is 20.3. The van der Waals surface area contributed by atoms with Crippen LogP contribution in [-0.2, 0) is 11.3 Å². The molecule has 11 nitrogen and oxygen atoms in total. The number of aromatic nitrogens is 4. The number of hydrogen-bond donors (Lipinski definition) is 1. The van der Waals surface area contributed by atoms with Crippen LogP contribution >= 0.6 is 0 Å². The summed E-state index contributed by atoms with van der Waals surface area (Å²) in [6.45, 7) is 6.52. The van der Waals surface area contributed by atoms with Crippen molar-refractivity contribution in [2.75, 3.05) is 37.6 Å². The van der Waals surface area contributed by atoms with E-state index in [1.54, 1.807) is 41.2 Å². The minimum atomic E-state index is -1.06. The van der Waals surface area contributed by atoms with E-state index in [1.807, 2.05) is 11.8 Å². The molecule has 3 aliphatic rings. The van der Waals surface area contributed by atoms with Crippen molar-refractivity contribution in [1.82, 2.24) is 34.9 Å². The Hall–Kier alpha value is -3.50. The Morgan fingerprint density at radius 1 is 1.11 bits per heavy atom. The van der Waals surface area contributed by atoms with Crippen molar-refractivity contribution in [3.05, 3.63) is 35.9 Å². The van der Waals surface area contributed by atoms with E-state index in [0.717, 1.165) is 25.7 Å². The predicted octanol–water partition coefficient (Wildman–Crippen LogP) is 0.929. The van der Waals surface area contributed by atoms with Crippen LogP contribution in [0.1, 0.15) is 60.5 Å². The fraction of sp³-hybridized carbons (Fsp3) is 0.583. The number of fused-ring (bicyclic) bond motifs is 1. The standard InChI is InChI=1S/C24H32N8O3/c1-3-31-21(34)19-15-18(20(33)29-11-13-30(14-12-29)23-25-9-6-10-26-23)28-32(19)16-24(31,2)22(35)27-17-7-4-5-8-17/h6,9-10,15,17H,3-5,7-8,11-14,16H2,1-2H3,(H,27,35)/t24-/m0/s1. The Balaban J connectivity index is 1.31. The van der Waals surface area contributed by atoms with Crippen molar-refractivity contribution in [2.45, 2.75) is 57.7 Å². The van der Waals surface area contributed by atoms with Crippen LogP contribution in [0.15, 0.2) is 24.5 Å². The second kappa shape index (κ2) is 9.27. The van der Waals surface area contributed by atoms with Crippen LogP contribution in [0.5, 0.6) is 0 Å². The largest absolute Gasteiger partial charge is 0.351 e. The number of carbonyl (C=O) groups is 3. The van der Waals surface area contributed by atoms with E-state index in [0.29, 0.717) is 44.4 Å². The summed E-state index contributed by atoms with van der Waals surface area (Å²) in [7, 11) is 0. The molecule has 5 rings (SSSR count). The van der Waals surface area contributed by atoms with E-state index >= 15 is 0 Å². The lowest BCUT2D eigenvalue weighted by atomic mass is 9.94. The molecule has 3 amide bonds. The SMILES string of the molecule is CCN1C(=O)c2cc(C(=O)N3CCN(c4ncccn4)CC3)nn2C[C@@]1(C)C(=O)NC1CCCC1. The molecule has 0 radical (unpaired) electrons. The second-order valence-corrected chi connectivity index (χ2v) is 9.68. The van der Waals surface area contributed by atoms with Crippen LogP contribution in [0.4, 0.5) is 5.95 Å². The van der Waals surface area contributed by atoms with Crippen molar-refractivity contribution >= 4 is 23.7 Å². The monoisotopic (exact) mass is 480 g/mol. The van der Waals surface area contributed by atoms with Gasteiger partial charge in [0.25, 0.3) is 11.8 Å². The summed E-state index contributed by atoms with van der Waals surface area (Å²) in [6, 6.07) is 3.49. The normalized spacial score (nSPS) is 22.9.